The molecule has 1 aromatic heterocycles. The van der Waals surface area contributed by atoms with Gasteiger partial charge in [-0.15, -0.1) is 0 Å². The molecule has 0 bridgehead atoms. The van der Waals surface area contributed by atoms with E-state index in [1.807, 2.05) is 30.3 Å². The van der Waals surface area contributed by atoms with Gasteiger partial charge in [-0.1, -0.05) is 30.3 Å². The fraction of sp³-hybridized carbons (Fsp3) is 0.381. The van der Waals surface area contributed by atoms with Gasteiger partial charge in [0.1, 0.15) is 5.56 Å². The first-order chi connectivity index (χ1) is 13.1. The summed E-state index contributed by atoms with van der Waals surface area (Å²) in [4.78, 5) is 41.8. The van der Waals surface area contributed by atoms with Crippen LogP contribution < -0.4 is 5.56 Å². The van der Waals surface area contributed by atoms with Crippen LogP contribution in [-0.4, -0.2) is 41.0 Å². The van der Waals surface area contributed by atoms with Gasteiger partial charge in [-0.25, -0.2) is 0 Å². The van der Waals surface area contributed by atoms with Gasteiger partial charge in [0.15, 0.2) is 0 Å². The van der Waals surface area contributed by atoms with Gasteiger partial charge in [0.05, 0.1) is 13.0 Å². The second kappa shape index (κ2) is 8.66. The van der Waals surface area contributed by atoms with Crippen molar-refractivity contribution in [3.63, 3.8) is 0 Å². The number of H-pyrrole nitrogens is 1. The van der Waals surface area contributed by atoms with Crippen LogP contribution in [-0.2, 0) is 9.53 Å². The van der Waals surface area contributed by atoms with E-state index >= 15 is 0 Å². The zero-order valence-corrected chi connectivity index (χ0v) is 15.4. The standard InChI is InChI=1S/C21H24N2O4/c1-2-27-19(24)14-16-10-6-7-13-23(16)21(26)17-11-12-18(22-20(17)25)15-8-4-3-5-9-15/h3-5,8-9,11-12,16H,2,6-7,10,13-14H2,1H3,(H,22,25)/t16-/m1/s1. The summed E-state index contributed by atoms with van der Waals surface area (Å²) < 4.78 is 5.02. The summed E-state index contributed by atoms with van der Waals surface area (Å²) in [5, 5.41) is 0. The van der Waals surface area contributed by atoms with Gasteiger partial charge in [-0.05, 0) is 43.9 Å². The van der Waals surface area contributed by atoms with Gasteiger partial charge < -0.3 is 14.6 Å². The predicted molar refractivity (Wildman–Crippen MR) is 102 cm³/mol. The highest BCUT2D eigenvalue weighted by molar-refractivity contribution is 5.94. The summed E-state index contributed by atoms with van der Waals surface area (Å²) in [7, 11) is 0. The normalized spacial score (nSPS) is 16.8. The van der Waals surface area contributed by atoms with Crippen LogP contribution in [0.5, 0.6) is 0 Å². The number of aromatic amines is 1. The van der Waals surface area contributed by atoms with Crippen molar-refractivity contribution in [2.45, 2.75) is 38.6 Å². The Hall–Kier alpha value is -2.89. The van der Waals surface area contributed by atoms with Gasteiger partial charge in [-0.2, -0.15) is 0 Å². The molecule has 0 radical (unpaired) electrons. The van der Waals surface area contributed by atoms with Crippen molar-refractivity contribution < 1.29 is 14.3 Å². The number of hydrogen-bond donors (Lipinski definition) is 1. The molecule has 142 valence electrons. The molecule has 1 atom stereocenters. The van der Waals surface area contributed by atoms with Crippen LogP contribution in [0.1, 0.15) is 43.0 Å². The molecule has 1 N–H and O–H groups in total. The Morgan fingerprint density at radius 3 is 2.63 bits per heavy atom. The number of rotatable bonds is 5. The van der Waals surface area contributed by atoms with Crippen molar-refractivity contribution in [2.24, 2.45) is 0 Å². The van der Waals surface area contributed by atoms with Crippen LogP contribution in [0.3, 0.4) is 0 Å². The Morgan fingerprint density at radius 1 is 1.15 bits per heavy atom. The van der Waals surface area contributed by atoms with Crippen molar-refractivity contribution in [3.8, 4) is 11.3 Å². The van der Waals surface area contributed by atoms with Crippen LogP contribution in [0.4, 0.5) is 0 Å². The molecule has 1 aliphatic rings. The van der Waals surface area contributed by atoms with Gasteiger partial charge in [0.2, 0.25) is 0 Å². The highest BCUT2D eigenvalue weighted by Gasteiger charge is 2.30. The van der Waals surface area contributed by atoms with Gasteiger partial charge in [0.25, 0.3) is 11.5 Å². The largest absolute Gasteiger partial charge is 0.466 e. The van der Waals surface area contributed by atoms with Crippen molar-refractivity contribution in [1.82, 2.24) is 9.88 Å². The summed E-state index contributed by atoms with van der Waals surface area (Å²) in [6.45, 7) is 2.62. The van der Waals surface area contributed by atoms with E-state index in [-0.39, 0.29) is 29.9 Å². The van der Waals surface area contributed by atoms with E-state index in [0.29, 0.717) is 18.8 Å². The number of aromatic nitrogens is 1. The summed E-state index contributed by atoms with van der Waals surface area (Å²) >= 11 is 0. The number of ether oxygens (including phenoxy) is 1. The molecular weight excluding hydrogens is 344 g/mol. The maximum absolute atomic E-state index is 13.0. The molecule has 1 amide bonds. The highest BCUT2D eigenvalue weighted by atomic mass is 16.5. The molecule has 3 rings (SSSR count). The Morgan fingerprint density at radius 2 is 1.93 bits per heavy atom. The average Bonchev–Trinajstić information content (AvgIpc) is 2.69. The van der Waals surface area contributed by atoms with Crippen LogP contribution >= 0.6 is 0 Å². The third-order valence-electron chi connectivity index (χ3n) is 4.82. The Bertz CT molecular complexity index is 860. The van der Waals surface area contributed by atoms with Crippen molar-refractivity contribution in [2.75, 3.05) is 13.2 Å². The maximum Gasteiger partial charge on any atom is 0.307 e. The molecule has 2 aromatic rings. The fourth-order valence-electron chi connectivity index (χ4n) is 3.48. The van der Waals surface area contributed by atoms with E-state index in [2.05, 4.69) is 4.98 Å². The first kappa shape index (κ1) is 18.9. The number of nitrogens with zero attached hydrogens (tertiary/aromatic N) is 1. The van der Waals surface area contributed by atoms with E-state index in [0.717, 1.165) is 24.8 Å². The lowest BCUT2D eigenvalue weighted by Gasteiger charge is -2.35. The Balaban J connectivity index is 1.81. The quantitative estimate of drug-likeness (QED) is 0.823. The number of esters is 1. The lowest BCUT2D eigenvalue weighted by Crippen LogP contribution is -2.46. The van der Waals surface area contributed by atoms with E-state index in [9.17, 15) is 14.4 Å². The van der Waals surface area contributed by atoms with Crippen LogP contribution in [0.15, 0.2) is 47.3 Å². The number of nitrogens with one attached hydrogen (secondary N) is 1. The summed E-state index contributed by atoms with van der Waals surface area (Å²) in [6.07, 6.45) is 2.73. The van der Waals surface area contributed by atoms with Crippen molar-refractivity contribution >= 4 is 11.9 Å². The molecule has 1 aromatic carbocycles. The molecule has 1 aliphatic heterocycles. The highest BCUT2D eigenvalue weighted by Crippen LogP contribution is 2.22. The number of piperidine rings is 1. The first-order valence-electron chi connectivity index (χ1n) is 9.35. The number of amides is 1. The molecule has 0 spiro atoms. The van der Waals surface area contributed by atoms with E-state index in [1.54, 1.807) is 24.0 Å². The monoisotopic (exact) mass is 368 g/mol. The van der Waals surface area contributed by atoms with Gasteiger partial charge >= 0.3 is 5.97 Å². The third kappa shape index (κ3) is 4.45. The second-order valence-electron chi connectivity index (χ2n) is 6.64. The number of carbonyl (C=O) groups excluding carboxylic acids is 2. The topological polar surface area (TPSA) is 79.5 Å². The van der Waals surface area contributed by atoms with E-state index < -0.39 is 5.56 Å². The zero-order valence-electron chi connectivity index (χ0n) is 15.4. The lowest BCUT2D eigenvalue weighted by molar-refractivity contribution is -0.144. The number of pyridine rings is 1. The molecule has 0 saturated carbocycles. The zero-order chi connectivity index (χ0) is 19.2. The predicted octanol–water partition coefficient (Wildman–Crippen LogP) is 2.99. The maximum atomic E-state index is 13.0. The van der Waals surface area contributed by atoms with Gasteiger partial charge in [0, 0.05) is 18.3 Å². The molecule has 1 saturated heterocycles. The minimum absolute atomic E-state index is 0.102. The van der Waals surface area contributed by atoms with E-state index in [4.69, 9.17) is 4.74 Å². The van der Waals surface area contributed by atoms with Crippen LogP contribution in [0.2, 0.25) is 0 Å². The van der Waals surface area contributed by atoms with E-state index in [1.165, 1.54) is 0 Å². The Kier molecular flexibility index (Phi) is 6.06. The van der Waals surface area contributed by atoms with Crippen molar-refractivity contribution in [3.05, 3.63) is 58.4 Å². The molecule has 1 fully saturated rings. The molecule has 0 unspecified atom stereocenters. The van der Waals surface area contributed by atoms with Crippen LogP contribution in [0, 0.1) is 0 Å². The smallest absolute Gasteiger partial charge is 0.307 e. The molecule has 6 nitrogen and oxygen atoms in total. The number of likely N-dealkylation sites (tertiary alicyclic amines) is 1. The third-order valence-corrected chi connectivity index (χ3v) is 4.82. The second-order valence-corrected chi connectivity index (χ2v) is 6.64. The van der Waals surface area contributed by atoms with Crippen molar-refractivity contribution in [1.29, 1.82) is 0 Å². The fourth-order valence-corrected chi connectivity index (χ4v) is 3.48. The SMILES string of the molecule is CCOC(=O)C[C@H]1CCCCN1C(=O)c1ccc(-c2ccccc2)[nH]c1=O. The number of benzene rings is 1. The minimum atomic E-state index is -0.415. The molecule has 6 heteroatoms. The molecule has 0 aliphatic carbocycles. The number of carbonyl (C=O) groups is 2. The van der Waals surface area contributed by atoms with Gasteiger partial charge in [-0.3, -0.25) is 14.4 Å². The van der Waals surface area contributed by atoms with Crippen LogP contribution in [0.25, 0.3) is 11.3 Å². The Labute approximate surface area is 158 Å². The average molecular weight is 368 g/mol. The molecule has 2 heterocycles. The first-order valence-corrected chi connectivity index (χ1v) is 9.35. The molecular formula is C21H24N2O4. The number of hydrogen-bond acceptors (Lipinski definition) is 4. The lowest BCUT2D eigenvalue weighted by atomic mass is 9.98. The summed E-state index contributed by atoms with van der Waals surface area (Å²) in [5.41, 5.74) is 1.23. The molecule has 27 heavy (non-hydrogen) atoms. The summed E-state index contributed by atoms with van der Waals surface area (Å²) in [5.74, 6) is -0.639. The minimum Gasteiger partial charge on any atom is -0.466 e. The summed E-state index contributed by atoms with van der Waals surface area (Å²) in [6, 6.07) is 12.6.